The molecule has 1 heterocycles. The molecule has 0 radical (unpaired) electrons. The predicted molar refractivity (Wildman–Crippen MR) is 70.2 cm³/mol. The number of likely N-dealkylation sites (N-methyl/N-ethyl adjacent to an activating group) is 2. The number of ether oxygens (including phenoxy) is 1. The Balaban J connectivity index is 2.01. The van der Waals surface area contributed by atoms with Crippen molar-refractivity contribution in [1.82, 2.24) is 10.2 Å². The molecule has 0 bridgehead atoms. The second-order valence-corrected chi connectivity index (χ2v) is 5.69. The number of rotatable bonds is 4. The van der Waals surface area contributed by atoms with E-state index in [1.807, 2.05) is 7.05 Å². The molecule has 1 saturated carbocycles. The lowest BCUT2D eigenvalue weighted by Gasteiger charge is -2.33. The van der Waals surface area contributed by atoms with E-state index in [9.17, 15) is 4.79 Å². The molecule has 1 amide bonds. The summed E-state index contributed by atoms with van der Waals surface area (Å²) < 4.78 is 5.62. The normalized spacial score (nSPS) is 40.6. The molecule has 0 aromatic rings. The van der Waals surface area contributed by atoms with Crippen molar-refractivity contribution in [3.63, 3.8) is 0 Å². The van der Waals surface area contributed by atoms with Crippen molar-refractivity contribution in [2.75, 3.05) is 20.7 Å². The molecule has 5 nitrogen and oxygen atoms in total. The van der Waals surface area contributed by atoms with Crippen LogP contribution in [-0.2, 0) is 9.53 Å². The Morgan fingerprint density at radius 2 is 2.22 bits per heavy atom. The summed E-state index contributed by atoms with van der Waals surface area (Å²) in [6.07, 6.45) is 4.02. The highest BCUT2D eigenvalue weighted by atomic mass is 16.5. The molecule has 104 valence electrons. The van der Waals surface area contributed by atoms with Crippen molar-refractivity contribution in [2.45, 2.75) is 56.3 Å². The Kier molecular flexibility index (Phi) is 3.94. The number of amides is 1. The third-order valence-corrected chi connectivity index (χ3v) is 4.87. The summed E-state index contributed by atoms with van der Waals surface area (Å²) in [5, 5.41) is 3.13. The Morgan fingerprint density at radius 1 is 1.50 bits per heavy atom. The molecule has 4 unspecified atom stereocenters. The van der Waals surface area contributed by atoms with Crippen molar-refractivity contribution in [2.24, 2.45) is 5.73 Å². The highest BCUT2D eigenvalue weighted by Crippen LogP contribution is 2.34. The van der Waals surface area contributed by atoms with Crippen LogP contribution in [0.15, 0.2) is 0 Å². The van der Waals surface area contributed by atoms with Gasteiger partial charge in [0.2, 0.25) is 5.91 Å². The lowest BCUT2D eigenvalue weighted by molar-refractivity contribution is -0.124. The van der Waals surface area contributed by atoms with Gasteiger partial charge in [0.05, 0.1) is 11.6 Å². The minimum absolute atomic E-state index is 0.225. The minimum atomic E-state index is -0.512. The first-order valence-corrected chi connectivity index (χ1v) is 6.82. The Labute approximate surface area is 109 Å². The molecule has 2 aliphatic rings. The van der Waals surface area contributed by atoms with Gasteiger partial charge < -0.3 is 15.8 Å². The number of hydrogen-bond acceptors (Lipinski definition) is 4. The van der Waals surface area contributed by atoms with Crippen LogP contribution in [0.5, 0.6) is 0 Å². The molecule has 2 fully saturated rings. The number of nitrogens with two attached hydrogens (primary N) is 1. The van der Waals surface area contributed by atoms with E-state index >= 15 is 0 Å². The molecular weight excluding hydrogens is 230 g/mol. The molecule has 0 aromatic heterocycles. The number of primary amides is 1. The predicted octanol–water partition coefficient (Wildman–Crippen LogP) is 0.0916. The van der Waals surface area contributed by atoms with E-state index < -0.39 is 5.54 Å². The summed E-state index contributed by atoms with van der Waals surface area (Å²) in [6.45, 7) is 2.97. The van der Waals surface area contributed by atoms with E-state index in [0.29, 0.717) is 12.1 Å². The van der Waals surface area contributed by atoms with Gasteiger partial charge >= 0.3 is 0 Å². The molecule has 0 aromatic carbocycles. The molecule has 1 aliphatic carbocycles. The highest BCUT2D eigenvalue weighted by molar-refractivity contribution is 5.85. The fourth-order valence-corrected chi connectivity index (χ4v) is 3.47. The van der Waals surface area contributed by atoms with Crippen molar-refractivity contribution in [1.29, 1.82) is 0 Å². The second kappa shape index (κ2) is 5.15. The molecule has 18 heavy (non-hydrogen) atoms. The second-order valence-electron chi connectivity index (χ2n) is 5.69. The summed E-state index contributed by atoms with van der Waals surface area (Å²) >= 11 is 0. The van der Waals surface area contributed by atoms with Gasteiger partial charge in [0.25, 0.3) is 0 Å². The zero-order valence-electron chi connectivity index (χ0n) is 11.6. The largest absolute Gasteiger partial charge is 0.377 e. The molecule has 1 aliphatic heterocycles. The molecule has 3 N–H and O–H groups in total. The molecule has 4 atom stereocenters. The van der Waals surface area contributed by atoms with Crippen LogP contribution in [0.25, 0.3) is 0 Å². The van der Waals surface area contributed by atoms with Crippen LogP contribution in [0.2, 0.25) is 0 Å². The first kappa shape index (κ1) is 13.8. The fraction of sp³-hybridized carbons (Fsp3) is 0.923. The van der Waals surface area contributed by atoms with Gasteiger partial charge in [0, 0.05) is 18.7 Å². The van der Waals surface area contributed by atoms with Crippen LogP contribution in [0.1, 0.15) is 32.6 Å². The van der Waals surface area contributed by atoms with Crippen LogP contribution in [0.3, 0.4) is 0 Å². The minimum Gasteiger partial charge on any atom is -0.377 e. The monoisotopic (exact) mass is 255 g/mol. The SMILES string of the molecule is CNC1(C(N)=O)CCC(N(C)C2CCOC2C)C1. The molecule has 1 saturated heterocycles. The number of nitrogens with one attached hydrogen (secondary N) is 1. The maximum Gasteiger partial charge on any atom is 0.237 e. The zero-order chi connectivity index (χ0) is 13.3. The topological polar surface area (TPSA) is 67.6 Å². The smallest absolute Gasteiger partial charge is 0.237 e. The summed E-state index contributed by atoms with van der Waals surface area (Å²) in [4.78, 5) is 14.0. The number of carbonyl (C=O) groups excluding carboxylic acids is 1. The van der Waals surface area contributed by atoms with E-state index in [1.54, 1.807) is 0 Å². The van der Waals surface area contributed by atoms with Gasteiger partial charge in [-0.15, -0.1) is 0 Å². The first-order valence-electron chi connectivity index (χ1n) is 6.82. The first-order chi connectivity index (χ1) is 8.50. The van der Waals surface area contributed by atoms with Gasteiger partial charge in [0.15, 0.2) is 0 Å². The fourth-order valence-electron chi connectivity index (χ4n) is 3.47. The maximum atomic E-state index is 11.6. The summed E-state index contributed by atoms with van der Waals surface area (Å²) in [7, 11) is 3.97. The van der Waals surface area contributed by atoms with E-state index in [-0.39, 0.29) is 12.0 Å². The van der Waals surface area contributed by atoms with Gasteiger partial charge in [-0.25, -0.2) is 0 Å². The quantitative estimate of drug-likeness (QED) is 0.747. The number of carbonyl (C=O) groups is 1. The number of nitrogens with zero attached hydrogens (tertiary/aromatic N) is 1. The summed E-state index contributed by atoms with van der Waals surface area (Å²) in [5.41, 5.74) is 5.03. The van der Waals surface area contributed by atoms with E-state index in [4.69, 9.17) is 10.5 Å². The zero-order valence-corrected chi connectivity index (χ0v) is 11.6. The molecule has 5 heteroatoms. The molecular formula is C13H25N3O2. The van der Waals surface area contributed by atoms with Gasteiger partial charge in [-0.3, -0.25) is 9.69 Å². The van der Waals surface area contributed by atoms with Gasteiger partial charge in [-0.2, -0.15) is 0 Å². The van der Waals surface area contributed by atoms with Crippen LogP contribution in [-0.4, -0.2) is 55.2 Å². The van der Waals surface area contributed by atoms with E-state index in [0.717, 1.165) is 32.3 Å². The Bertz CT molecular complexity index is 323. The van der Waals surface area contributed by atoms with E-state index in [2.05, 4.69) is 24.2 Å². The Hall–Kier alpha value is -0.650. The van der Waals surface area contributed by atoms with Crippen molar-refractivity contribution < 1.29 is 9.53 Å². The van der Waals surface area contributed by atoms with Crippen molar-refractivity contribution in [3.8, 4) is 0 Å². The maximum absolute atomic E-state index is 11.6. The van der Waals surface area contributed by atoms with Gasteiger partial charge in [0.1, 0.15) is 0 Å². The third kappa shape index (κ3) is 2.27. The van der Waals surface area contributed by atoms with Crippen molar-refractivity contribution in [3.05, 3.63) is 0 Å². The molecule has 0 spiro atoms. The highest BCUT2D eigenvalue weighted by Gasteiger charge is 2.45. The Morgan fingerprint density at radius 3 is 2.67 bits per heavy atom. The average molecular weight is 255 g/mol. The third-order valence-electron chi connectivity index (χ3n) is 4.87. The number of hydrogen-bond donors (Lipinski definition) is 2. The van der Waals surface area contributed by atoms with Crippen molar-refractivity contribution >= 4 is 5.91 Å². The summed E-state index contributed by atoms with van der Waals surface area (Å²) in [5.74, 6) is -0.225. The lowest BCUT2D eigenvalue weighted by Crippen LogP contribution is -2.53. The van der Waals surface area contributed by atoms with Crippen LogP contribution < -0.4 is 11.1 Å². The van der Waals surface area contributed by atoms with Crippen LogP contribution in [0, 0.1) is 0 Å². The van der Waals surface area contributed by atoms with Gasteiger partial charge in [-0.1, -0.05) is 0 Å². The van der Waals surface area contributed by atoms with Crippen LogP contribution in [0.4, 0.5) is 0 Å². The lowest BCUT2D eigenvalue weighted by atomic mass is 9.96. The van der Waals surface area contributed by atoms with Gasteiger partial charge in [-0.05, 0) is 46.7 Å². The van der Waals surface area contributed by atoms with E-state index in [1.165, 1.54) is 0 Å². The standard InChI is InChI=1S/C13H25N3O2/c1-9-11(5-7-18-9)16(3)10-4-6-13(8-10,15-2)12(14)17/h9-11,15H,4-8H2,1-3H3,(H2,14,17). The summed E-state index contributed by atoms with van der Waals surface area (Å²) in [6, 6.07) is 0.884. The van der Waals surface area contributed by atoms with Crippen LogP contribution >= 0.6 is 0 Å². The average Bonchev–Trinajstić information content (AvgIpc) is 2.95. The molecule has 2 rings (SSSR count).